The predicted octanol–water partition coefficient (Wildman–Crippen LogP) is 4.19. The number of halogens is 1. The van der Waals surface area contributed by atoms with Crippen LogP contribution in [0, 0.1) is 17.4 Å². The lowest BCUT2D eigenvalue weighted by atomic mass is 9.96. The van der Waals surface area contributed by atoms with Crippen molar-refractivity contribution in [2.24, 2.45) is 0 Å². The molecule has 174 valence electrons. The number of hydrogen-bond donors (Lipinski definition) is 3. The maximum Gasteiger partial charge on any atom is 0.229 e. The zero-order valence-corrected chi connectivity index (χ0v) is 22.3. The van der Waals surface area contributed by atoms with E-state index < -0.39 is 10.0 Å². The van der Waals surface area contributed by atoms with Crippen molar-refractivity contribution in [2.45, 2.75) is 25.9 Å². The number of ether oxygens (including phenoxy) is 1. The van der Waals surface area contributed by atoms with Crippen molar-refractivity contribution in [1.29, 1.82) is 0 Å². The van der Waals surface area contributed by atoms with E-state index in [1.54, 1.807) is 18.3 Å². The molecule has 0 saturated carbocycles. The summed E-state index contributed by atoms with van der Waals surface area (Å²) in [6.07, 6.45) is 2.87. The number of methoxy groups -OCH3 is 1. The first kappa shape index (κ1) is 23.8. The summed E-state index contributed by atoms with van der Waals surface area (Å²) in [6.45, 7) is 4.09. The smallest absolute Gasteiger partial charge is 0.229 e. The van der Waals surface area contributed by atoms with Gasteiger partial charge in [0.05, 0.1) is 36.8 Å². The van der Waals surface area contributed by atoms with Gasteiger partial charge in [0.25, 0.3) is 0 Å². The first-order valence-corrected chi connectivity index (χ1v) is 13.5. The van der Waals surface area contributed by atoms with E-state index >= 15 is 0 Å². The molecule has 0 spiro atoms. The topological polar surface area (TPSA) is 99.3 Å². The molecule has 3 heterocycles. The predicted molar refractivity (Wildman–Crippen MR) is 142 cm³/mol. The number of nitrogens with one attached hydrogen (secondary N) is 3. The molecule has 1 aromatic carbocycles. The number of pyridine rings is 1. The summed E-state index contributed by atoms with van der Waals surface area (Å²) in [5.41, 5.74) is 5.18. The van der Waals surface area contributed by atoms with Gasteiger partial charge in [-0.2, -0.15) is 0 Å². The molecule has 1 aliphatic rings. The maximum absolute atomic E-state index is 11.9. The average molecular weight is 598 g/mol. The Hall–Kier alpha value is -2.38. The molecule has 2 aromatic heterocycles. The highest BCUT2D eigenvalue weighted by Crippen LogP contribution is 2.45. The number of H-pyrrole nitrogens is 1. The van der Waals surface area contributed by atoms with Gasteiger partial charge >= 0.3 is 0 Å². The van der Waals surface area contributed by atoms with Gasteiger partial charge in [-0.05, 0) is 79.0 Å². The number of aromatic nitrogens is 2. The van der Waals surface area contributed by atoms with Gasteiger partial charge in [0.1, 0.15) is 5.75 Å². The Labute approximate surface area is 212 Å². The Morgan fingerprint density at radius 1 is 1.21 bits per heavy atom. The lowest BCUT2D eigenvalue weighted by Crippen LogP contribution is -2.30. The van der Waals surface area contributed by atoms with Crippen LogP contribution in [-0.4, -0.2) is 36.9 Å². The molecule has 8 nitrogen and oxygen atoms in total. The molecule has 11 heteroatoms. The Kier molecular flexibility index (Phi) is 6.56. The number of rotatable bonds is 6. The van der Waals surface area contributed by atoms with Gasteiger partial charge in [0.2, 0.25) is 10.0 Å². The fraction of sp³-hybridized carbons (Fsp3) is 0.273. The van der Waals surface area contributed by atoms with Crippen LogP contribution in [0.25, 0.3) is 0 Å². The number of aryl methyl sites for hydroxylation is 2. The summed E-state index contributed by atoms with van der Waals surface area (Å²) in [7, 11) is -2.01. The molecule has 33 heavy (non-hydrogen) atoms. The van der Waals surface area contributed by atoms with Crippen LogP contribution in [0.1, 0.15) is 34.7 Å². The van der Waals surface area contributed by atoms with Crippen LogP contribution >= 0.6 is 34.8 Å². The molecule has 0 unspecified atom stereocenters. The zero-order valence-electron chi connectivity index (χ0n) is 18.5. The van der Waals surface area contributed by atoms with E-state index in [1.165, 1.54) is 7.11 Å². The third-order valence-electron chi connectivity index (χ3n) is 5.50. The Bertz CT molecular complexity index is 1310. The highest BCUT2D eigenvalue weighted by molar-refractivity contribution is 14.1. The molecule has 3 N–H and O–H groups in total. The van der Waals surface area contributed by atoms with Crippen molar-refractivity contribution in [2.75, 3.05) is 23.0 Å². The minimum Gasteiger partial charge on any atom is -0.495 e. The molecule has 0 amide bonds. The van der Waals surface area contributed by atoms with Crippen molar-refractivity contribution in [3.63, 3.8) is 0 Å². The molecule has 4 rings (SSSR count). The van der Waals surface area contributed by atoms with Crippen molar-refractivity contribution >= 4 is 61.3 Å². The molecular formula is C22H24IN5O3S2. The van der Waals surface area contributed by atoms with Gasteiger partial charge in [-0.3, -0.25) is 9.71 Å². The summed E-state index contributed by atoms with van der Waals surface area (Å²) < 4.78 is 32.9. The first-order chi connectivity index (χ1) is 15.6. The Balaban J connectivity index is 1.89. The molecule has 0 radical (unpaired) electrons. The number of hydrogen-bond acceptors (Lipinski definition) is 5. The van der Waals surface area contributed by atoms with E-state index in [4.69, 9.17) is 17.0 Å². The van der Waals surface area contributed by atoms with Crippen molar-refractivity contribution in [3.05, 3.63) is 68.8 Å². The minimum absolute atomic E-state index is 0.200. The van der Waals surface area contributed by atoms with E-state index in [1.807, 2.05) is 43.0 Å². The van der Waals surface area contributed by atoms with Gasteiger partial charge < -0.3 is 19.9 Å². The summed E-state index contributed by atoms with van der Waals surface area (Å²) in [5.74, 6) is 0.420. The van der Waals surface area contributed by atoms with E-state index in [0.717, 1.165) is 38.2 Å². The summed E-state index contributed by atoms with van der Waals surface area (Å²) in [4.78, 5) is 10.0. The fourth-order valence-electron chi connectivity index (χ4n) is 4.17. The number of benzene rings is 1. The SMILES string of the molecule is COc1ccc(N2C(=S)N[C@H](c3ccccn3)[C@H]2c2c(C)[nH]c(C)c2I)cc1NS(C)(=O)=O. The molecule has 1 fully saturated rings. The summed E-state index contributed by atoms with van der Waals surface area (Å²) >= 11 is 8.14. The first-order valence-electron chi connectivity index (χ1n) is 10.1. The van der Waals surface area contributed by atoms with Crippen LogP contribution in [0.2, 0.25) is 0 Å². The van der Waals surface area contributed by atoms with Crippen LogP contribution < -0.4 is 19.7 Å². The van der Waals surface area contributed by atoms with Crippen LogP contribution in [0.5, 0.6) is 5.75 Å². The summed E-state index contributed by atoms with van der Waals surface area (Å²) in [5, 5.41) is 3.96. The number of nitrogens with zero attached hydrogens (tertiary/aromatic N) is 2. The Morgan fingerprint density at radius 3 is 2.55 bits per heavy atom. The number of thiocarbonyl (C=S) groups is 1. The van der Waals surface area contributed by atoms with Crippen molar-refractivity contribution < 1.29 is 13.2 Å². The third-order valence-corrected chi connectivity index (χ3v) is 7.79. The number of anilines is 2. The van der Waals surface area contributed by atoms with Crippen LogP contribution in [-0.2, 0) is 10.0 Å². The third kappa shape index (κ3) is 4.66. The second-order valence-electron chi connectivity index (χ2n) is 7.86. The largest absolute Gasteiger partial charge is 0.495 e. The molecule has 1 saturated heterocycles. The molecule has 2 atom stereocenters. The second kappa shape index (κ2) is 9.11. The number of sulfonamides is 1. The monoisotopic (exact) mass is 597 g/mol. The highest BCUT2D eigenvalue weighted by atomic mass is 127. The number of aromatic amines is 1. The molecule has 1 aliphatic heterocycles. The van der Waals surface area contributed by atoms with Crippen molar-refractivity contribution in [3.8, 4) is 5.75 Å². The lowest BCUT2D eigenvalue weighted by Gasteiger charge is -2.29. The average Bonchev–Trinajstić information content (AvgIpc) is 3.22. The molecule has 3 aromatic rings. The quantitative estimate of drug-likeness (QED) is 0.290. The van der Waals surface area contributed by atoms with Gasteiger partial charge in [0.15, 0.2) is 5.11 Å². The molecular weight excluding hydrogens is 573 g/mol. The van der Waals surface area contributed by atoms with Gasteiger partial charge in [0, 0.05) is 32.4 Å². The fourth-order valence-corrected chi connectivity index (χ4v) is 5.94. The van der Waals surface area contributed by atoms with E-state index in [2.05, 4.69) is 42.6 Å². The second-order valence-corrected chi connectivity index (χ2v) is 11.1. The van der Waals surface area contributed by atoms with E-state index in [0.29, 0.717) is 16.5 Å². The summed E-state index contributed by atoms with van der Waals surface area (Å²) in [6, 6.07) is 10.7. The van der Waals surface area contributed by atoms with Crippen LogP contribution in [0.4, 0.5) is 11.4 Å². The van der Waals surface area contributed by atoms with Crippen molar-refractivity contribution in [1.82, 2.24) is 15.3 Å². The normalized spacial score (nSPS) is 18.3. The molecule has 0 bridgehead atoms. The maximum atomic E-state index is 11.9. The van der Waals surface area contributed by atoms with E-state index in [9.17, 15) is 8.42 Å². The zero-order chi connectivity index (χ0) is 23.9. The Morgan fingerprint density at radius 2 is 1.97 bits per heavy atom. The lowest BCUT2D eigenvalue weighted by molar-refractivity contribution is 0.417. The van der Waals surface area contributed by atoms with Gasteiger partial charge in [-0.15, -0.1) is 0 Å². The van der Waals surface area contributed by atoms with Gasteiger partial charge in [-0.25, -0.2) is 8.42 Å². The van der Waals surface area contributed by atoms with Crippen LogP contribution in [0.3, 0.4) is 0 Å². The minimum atomic E-state index is -3.51. The van der Waals surface area contributed by atoms with Gasteiger partial charge in [-0.1, -0.05) is 6.07 Å². The highest BCUT2D eigenvalue weighted by Gasteiger charge is 2.43. The van der Waals surface area contributed by atoms with E-state index in [-0.39, 0.29) is 12.1 Å². The standard InChI is InChI=1S/C22H24IN5O3S2/c1-12-18(19(23)13(2)25-12)21-20(15-7-5-6-10-24-15)26-22(32)28(21)14-8-9-17(31-3)16(11-14)27-33(4,29)30/h5-11,20-21,25,27H,1-4H3,(H,26,32)/t20-,21-/m1/s1. The molecule has 0 aliphatic carbocycles. The van der Waals surface area contributed by atoms with Crippen LogP contribution in [0.15, 0.2) is 42.6 Å².